The Labute approximate surface area is 112 Å². The van der Waals surface area contributed by atoms with E-state index in [-0.39, 0.29) is 22.4 Å². The lowest BCUT2D eigenvalue weighted by molar-refractivity contribution is -0.389. The molecule has 0 aromatic carbocycles. The van der Waals surface area contributed by atoms with Gasteiger partial charge in [0.15, 0.2) is 10.2 Å². The Morgan fingerprint density at radius 3 is 2.53 bits per heavy atom. The standard InChI is InChI=1S/C9H11N7O2S/c1-4-6(16(17)18)7(12-8(10)11-4)19-9-14-13-5(2)15(9)3/h1-3H3,(H2,10,11,12). The van der Waals surface area contributed by atoms with Gasteiger partial charge in [-0.1, -0.05) is 0 Å². The zero-order valence-electron chi connectivity index (χ0n) is 10.5. The molecule has 0 amide bonds. The lowest BCUT2D eigenvalue weighted by Gasteiger charge is -2.04. The third-order valence-corrected chi connectivity index (χ3v) is 3.48. The number of aryl methyl sites for hydroxylation is 2. The number of aromatic nitrogens is 5. The van der Waals surface area contributed by atoms with E-state index in [4.69, 9.17) is 5.73 Å². The van der Waals surface area contributed by atoms with Crippen molar-refractivity contribution in [3.8, 4) is 0 Å². The molecule has 0 atom stereocenters. The number of hydrogen-bond acceptors (Lipinski definition) is 8. The third kappa shape index (κ3) is 2.47. The minimum absolute atomic E-state index is 0.00973. The van der Waals surface area contributed by atoms with E-state index in [2.05, 4.69) is 20.2 Å². The summed E-state index contributed by atoms with van der Waals surface area (Å²) in [6.45, 7) is 3.30. The number of nitrogen functional groups attached to an aromatic ring is 1. The van der Waals surface area contributed by atoms with Gasteiger partial charge in [0.05, 0.1) is 4.92 Å². The molecule has 0 aliphatic carbocycles. The zero-order valence-corrected chi connectivity index (χ0v) is 11.3. The van der Waals surface area contributed by atoms with Gasteiger partial charge in [-0.15, -0.1) is 10.2 Å². The van der Waals surface area contributed by atoms with Crippen LogP contribution in [0.25, 0.3) is 0 Å². The van der Waals surface area contributed by atoms with Gasteiger partial charge in [-0.05, 0) is 25.6 Å². The van der Waals surface area contributed by atoms with Crippen LogP contribution in [0, 0.1) is 24.0 Å². The van der Waals surface area contributed by atoms with E-state index in [1.165, 1.54) is 6.92 Å². The van der Waals surface area contributed by atoms with E-state index in [9.17, 15) is 10.1 Å². The molecule has 2 aromatic heterocycles. The van der Waals surface area contributed by atoms with Gasteiger partial charge in [-0.3, -0.25) is 10.1 Å². The van der Waals surface area contributed by atoms with Crippen molar-refractivity contribution >= 4 is 23.4 Å². The number of rotatable bonds is 3. The van der Waals surface area contributed by atoms with Gasteiger partial charge in [-0.2, -0.15) is 4.98 Å². The van der Waals surface area contributed by atoms with E-state index in [1.807, 2.05) is 0 Å². The van der Waals surface area contributed by atoms with Crippen molar-refractivity contribution in [3.05, 3.63) is 21.6 Å². The topological polar surface area (TPSA) is 126 Å². The highest BCUT2D eigenvalue weighted by Crippen LogP contribution is 2.33. The second-order valence-corrected chi connectivity index (χ2v) is 4.72. The highest BCUT2D eigenvalue weighted by molar-refractivity contribution is 7.99. The molecule has 2 N–H and O–H groups in total. The van der Waals surface area contributed by atoms with Crippen LogP contribution in [0.4, 0.5) is 11.6 Å². The van der Waals surface area contributed by atoms with Crippen LogP contribution in [0.5, 0.6) is 0 Å². The van der Waals surface area contributed by atoms with Crippen molar-refractivity contribution in [1.82, 2.24) is 24.7 Å². The summed E-state index contributed by atoms with van der Waals surface area (Å²) in [5.41, 5.74) is 5.58. The number of anilines is 1. The van der Waals surface area contributed by atoms with Gasteiger partial charge < -0.3 is 10.3 Å². The first kappa shape index (κ1) is 13.2. The molecule has 2 heterocycles. The largest absolute Gasteiger partial charge is 0.368 e. The van der Waals surface area contributed by atoms with Gasteiger partial charge in [0, 0.05) is 7.05 Å². The van der Waals surface area contributed by atoms with Gasteiger partial charge in [0.2, 0.25) is 5.95 Å². The molecule has 0 saturated heterocycles. The van der Waals surface area contributed by atoms with Crippen LogP contribution in [0.15, 0.2) is 10.2 Å². The molecule has 10 heteroatoms. The van der Waals surface area contributed by atoms with E-state index in [0.717, 1.165) is 11.8 Å². The summed E-state index contributed by atoms with van der Waals surface area (Å²) in [6, 6.07) is 0. The van der Waals surface area contributed by atoms with Crippen LogP contribution in [0.1, 0.15) is 11.5 Å². The lowest BCUT2D eigenvalue weighted by atomic mass is 10.4. The smallest absolute Gasteiger partial charge is 0.322 e. The van der Waals surface area contributed by atoms with Crippen molar-refractivity contribution in [2.24, 2.45) is 7.05 Å². The Morgan fingerprint density at radius 2 is 2.00 bits per heavy atom. The fraction of sp³-hybridized carbons (Fsp3) is 0.333. The fourth-order valence-corrected chi connectivity index (χ4v) is 2.39. The molecule has 0 spiro atoms. The molecule has 2 rings (SSSR count). The van der Waals surface area contributed by atoms with Crippen molar-refractivity contribution in [3.63, 3.8) is 0 Å². The van der Waals surface area contributed by atoms with Crippen LogP contribution in [-0.4, -0.2) is 29.7 Å². The Hall–Kier alpha value is -2.23. The first-order valence-corrected chi connectivity index (χ1v) is 6.04. The van der Waals surface area contributed by atoms with Crippen molar-refractivity contribution in [2.75, 3.05) is 5.73 Å². The zero-order chi connectivity index (χ0) is 14.2. The average Bonchev–Trinajstić information content (AvgIpc) is 2.59. The van der Waals surface area contributed by atoms with Crippen molar-refractivity contribution < 1.29 is 4.92 Å². The number of nitrogens with zero attached hydrogens (tertiary/aromatic N) is 6. The molecule has 0 saturated carbocycles. The SMILES string of the molecule is Cc1nc(N)nc(Sc2nnc(C)n2C)c1[N+](=O)[O-]. The fourth-order valence-electron chi connectivity index (χ4n) is 1.41. The molecule has 2 aromatic rings. The van der Waals surface area contributed by atoms with E-state index < -0.39 is 4.92 Å². The summed E-state index contributed by atoms with van der Waals surface area (Å²) in [6.07, 6.45) is 0. The van der Waals surface area contributed by atoms with E-state index in [1.54, 1.807) is 18.5 Å². The van der Waals surface area contributed by atoms with Gasteiger partial charge >= 0.3 is 5.69 Å². The normalized spacial score (nSPS) is 10.7. The van der Waals surface area contributed by atoms with Crippen molar-refractivity contribution in [1.29, 1.82) is 0 Å². The van der Waals surface area contributed by atoms with Crippen LogP contribution >= 0.6 is 11.8 Å². The predicted octanol–water partition coefficient (Wildman–Crippen LogP) is 0.864. The molecule has 0 aliphatic heterocycles. The quantitative estimate of drug-likeness (QED) is 0.498. The molecule has 0 bridgehead atoms. The minimum atomic E-state index is -0.527. The van der Waals surface area contributed by atoms with Gasteiger partial charge in [0.1, 0.15) is 11.5 Å². The highest BCUT2D eigenvalue weighted by Gasteiger charge is 2.24. The van der Waals surface area contributed by atoms with Crippen molar-refractivity contribution in [2.45, 2.75) is 24.0 Å². The number of nitro groups is 1. The van der Waals surface area contributed by atoms with Crippen LogP contribution in [0.3, 0.4) is 0 Å². The molecular formula is C9H11N7O2S. The van der Waals surface area contributed by atoms with Crippen LogP contribution in [0.2, 0.25) is 0 Å². The third-order valence-electron chi connectivity index (χ3n) is 2.47. The molecule has 9 nitrogen and oxygen atoms in total. The first-order chi connectivity index (χ1) is 8.90. The molecular weight excluding hydrogens is 270 g/mol. The molecule has 0 unspecified atom stereocenters. The second-order valence-electron chi connectivity index (χ2n) is 3.77. The van der Waals surface area contributed by atoms with Crippen LogP contribution in [-0.2, 0) is 7.05 Å². The summed E-state index contributed by atoms with van der Waals surface area (Å²) in [4.78, 5) is 18.2. The Kier molecular flexibility index (Phi) is 3.34. The lowest BCUT2D eigenvalue weighted by Crippen LogP contribution is -2.04. The second kappa shape index (κ2) is 4.80. The van der Waals surface area contributed by atoms with Crippen LogP contribution < -0.4 is 5.73 Å². The Bertz CT molecular complexity index is 654. The maximum absolute atomic E-state index is 11.1. The average molecular weight is 281 g/mol. The maximum Gasteiger partial charge on any atom is 0.322 e. The number of hydrogen-bond donors (Lipinski definition) is 1. The Balaban J connectivity index is 2.50. The summed E-state index contributed by atoms with van der Waals surface area (Å²) < 4.78 is 1.71. The number of nitrogens with two attached hydrogens (primary N) is 1. The first-order valence-electron chi connectivity index (χ1n) is 5.22. The molecule has 0 fully saturated rings. The predicted molar refractivity (Wildman–Crippen MR) is 67.7 cm³/mol. The maximum atomic E-state index is 11.1. The highest BCUT2D eigenvalue weighted by atomic mass is 32.2. The summed E-state index contributed by atoms with van der Waals surface area (Å²) in [5.74, 6) is 0.688. The van der Waals surface area contributed by atoms with E-state index >= 15 is 0 Å². The van der Waals surface area contributed by atoms with E-state index in [0.29, 0.717) is 11.0 Å². The molecule has 0 radical (unpaired) electrons. The van der Waals surface area contributed by atoms with Gasteiger partial charge in [-0.25, -0.2) is 4.98 Å². The summed E-state index contributed by atoms with van der Waals surface area (Å²) >= 11 is 1.03. The minimum Gasteiger partial charge on any atom is -0.368 e. The van der Waals surface area contributed by atoms with Gasteiger partial charge in [0.25, 0.3) is 0 Å². The monoisotopic (exact) mass is 281 g/mol. The molecule has 0 aliphatic rings. The summed E-state index contributed by atoms with van der Waals surface area (Å²) in [5, 5.41) is 19.5. The summed E-state index contributed by atoms with van der Waals surface area (Å²) in [7, 11) is 1.76. The molecule has 19 heavy (non-hydrogen) atoms. The molecule has 100 valence electrons. The Morgan fingerprint density at radius 1 is 1.32 bits per heavy atom.